The first-order chi connectivity index (χ1) is 31.5. The van der Waals surface area contributed by atoms with Gasteiger partial charge < -0.3 is 37.6 Å². The number of carbonyl (C=O) groups is 3. The number of nitrogens with zero attached hydrogens (tertiary/aromatic N) is 11. The van der Waals surface area contributed by atoms with Crippen LogP contribution in [0, 0.1) is 31.2 Å². The second kappa shape index (κ2) is 17.6. The van der Waals surface area contributed by atoms with Crippen molar-refractivity contribution in [1.29, 1.82) is 5.26 Å². The number of nitrogens with one attached hydrogen (secondary N) is 1. The summed E-state index contributed by atoms with van der Waals surface area (Å²) < 4.78 is 64.8. The molecule has 4 aromatic rings. The molecule has 346 valence electrons. The van der Waals surface area contributed by atoms with Crippen LogP contribution in [-0.2, 0) is 45.5 Å². The number of carbonyl (C=O) groups excluding carboxylic acids is 3. The van der Waals surface area contributed by atoms with E-state index in [0.29, 0.717) is 78.9 Å². The minimum absolute atomic E-state index is 0.00935. The lowest BCUT2D eigenvalue weighted by Gasteiger charge is -2.34. The summed E-state index contributed by atoms with van der Waals surface area (Å²) in [5.74, 6) is -1.01. The van der Waals surface area contributed by atoms with E-state index < -0.39 is 17.0 Å². The molecule has 3 aromatic heterocycles. The van der Waals surface area contributed by atoms with Crippen molar-refractivity contribution in [1.82, 2.24) is 43.5 Å². The Morgan fingerprint density at radius 2 is 1.79 bits per heavy atom. The first kappa shape index (κ1) is 45.1. The number of halogens is 2. The average molecular weight is 941 g/mol. The summed E-state index contributed by atoms with van der Waals surface area (Å²) in [4.78, 5) is 50.1. The maximum Gasteiger partial charge on any atom is 0.737 e. The van der Waals surface area contributed by atoms with Crippen LogP contribution in [0.3, 0.4) is 0 Å². The molecule has 0 radical (unpaired) electrons. The predicted octanol–water partition coefficient (Wildman–Crippen LogP) is 4.42. The Hall–Kier alpha value is -6.05. The topological polar surface area (TPSA) is 186 Å². The highest BCUT2D eigenvalue weighted by molar-refractivity contribution is 7.89. The van der Waals surface area contributed by atoms with Gasteiger partial charge in [0.2, 0.25) is 21.8 Å². The number of aromatic nitrogens is 5. The third kappa shape index (κ3) is 8.36. The van der Waals surface area contributed by atoms with E-state index in [-0.39, 0.29) is 73.4 Å². The summed E-state index contributed by atoms with van der Waals surface area (Å²) in [6, 6.07) is 7.84. The lowest BCUT2D eigenvalue weighted by atomic mass is 9.84. The molecule has 0 bridgehead atoms. The van der Waals surface area contributed by atoms with Crippen LogP contribution in [0.15, 0.2) is 58.8 Å². The van der Waals surface area contributed by atoms with E-state index in [1.54, 1.807) is 46.9 Å². The van der Waals surface area contributed by atoms with E-state index in [0.717, 1.165) is 40.1 Å². The molecule has 3 amide bonds. The molecule has 22 heteroatoms. The summed E-state index contributed by atoms with van der Waals surface area (Å²) in [5, 5.41) is 20.9. The molecular weight excluding hydrogens is 890 g/mol. The van der Waals surface area contributed by atoms with E-state index in [4.69, 9.17) is 5.26 Å². The van der Waals surface area contributed by atoms with Gasteiger partial charge in [-0.25, -0.2) is 18.1 Å². The number of aryl methyl sites for hydroxylation is 3. The zero-order valence-electron chi connectivity index (χ0n) is 37.3. The Kier molecular flexibility index (Phi) is 12.1. The molecule has 2 saturated heterocycles. The lowest BCUT2D eigenvalue weighted by Crippen LogP contribution is -2.51. The van der Waals surface area contributed by atoms with Crippen LogP contribution in [-0.4, -0.2) is 133 Å². The van der Waals surface area contributed by atoms with Gasteiger partial charge in [0, 0.05) is 98.7 Å². The Morgan fingerprint density at radius 3 is 2.55 bits per heavy atom. The standard InChI is InChI=1S/C44H51BF2N12O5S2/c1-28-20-30(3)58-40(28)36(41-29(2)21-31(4)59(41)45(58,46)47)11-6-5-9-34-24-56(52-51-34)26-39(60)54-16-18-57(19-17-54)66(63,64)35-10-7-8-32(22-35)43(62)55-15-13-37-38(25-55)65-44(49-37)50-42(61)33-12-14-53(23-33)27-48/h7-8,10,20-22,24,33H,5-6,9,11-19,23,25-26H2,1-4H3,(H,49,50,61)/t33-/m1/s1. The van der Waals surface area contributed by atoms with Crippen molar-refractivity contribution in [2.75, 3.05) is 51.1 Å². The number of thiazole rings is 1. The van der Waals surface area contributed by atoms with Gasteiger partial charge in [-0.1, -0.05) is 22.6 Å². The highest BCUT2D eigenvalue weighted by Crippen LogP contribution is 2.43. The van der Waals surface area contributed by atoms with Gasteiger partial charge in [0.05, 0.1) is 28.7 Å². The van der Waals surface area contributed by atoms with Gasteiger partial charge in [-0.3, -0.25) is 14.4 Å². The molecule has 5 aliphatic heterocycles. The van der Waals surface area contributed by atoms with Crippen molar-refractivity contribution in [3.63, 3.8) is 0 Å². The molecule has 0 saturated carbocycles. The number of fused-ring (bicyclic) bond motifs is 3. The van der Waals surface area contributed by atoms with Crippen molar-refractivity contribution in [2.24, 2.45) is 5.92 Å². The number of rotatable bonds is 12. The van der Waals surface area contributed by atoms with Gasteiger partial charge in [-0.15, -0.1) is 5.10 Å². The summed E-state index contributed by atoms with van der Waals surface area (Å²) in [6.45, 7) is 5.27. The molecule has 0 spiro atoms. The van der Waals surface area contributed by atoms with Crippen LogP contribution in [0.2, 0.25) is 0 Å². The van der Waals surface area contributed by atoms with Gasteiger partial charge in [0.25, 0.3) is 5.91 Å². The first-order valence-electron chi connectivity index (χ1n) is 22.3. The molecule has 1 N–H and O–H groups in total. The zero-order valence-corrected chi connectivity index (χ0v) is 39.0. The summed E-state index contributed by atoms with van der Waals surface area (Å²) >= 11 is 1.31. The van der Waals surface area contributed by atoms with Gasteiger partial charge >= 0.3 is 6.97 Å². The van der Waals surface area contributed by atoms with Crippen LogP contribution in [0.5, 0.6) is 0 Å². The number of hydrogen-bond acceptors (Lipinski definition) is 11. The minimum atomic E-state index is -4.01. The second-order valence-corrected chi connectivity index (χ2v) is 20.8. The Bertz CT molecular complexity index is 2910. The SMILES string of the molecule is CC1=CC(C)=[N+]2C1=C(CCCCc1cn(CC(=O)N3CCN(S(=O)(=O)c4cccc(C(=O)N5CCc6nc(NC(=O)[C@@H]7CCN(C#N)C7)sc6C5)c4)CC3)nn1)c1c(C)cc(C)n1[B-]2(F)F. The summed E-state index contributed by atoms with van der Waals surface area (Å²) in [6.07, 6.45) is 9.42. The molecule has 17 nitrogen and oxygen atoms in total. The van der Waals surface area contributed by atoms with Crippen LogP contribution in [0.1, 0.15) is 83.1 Å². The van der Waals surface area contributed by atoms with Crippen molar-refractivity contribution in [3.05, 3.63) is 92.7 Å². The van der Waals surface area contributed by atoms with Gasteiger partial charge in [0.1, 0.15) is 12.3 Å². The molecule has 66 heavy (non-hydrogen) atoms. The third-order valence-corrected chi connectivity index (χ3v) is 16.2. The number of unbranched alkanes of at least 4 members (excludes halogenated alkanes) is 1. The fourth-order valence-electron chi connectivity index (χ4n) is 10.0. The highest BCUT2D eigenvalue weighted by Gasteiger charge is 2.54. The Morgan fingerprint density at radius 1 is 1.02 bits per heavy atom. The van der Waals surface area contributed by atoms with Crippen LogP contribution < -0.4 is 5.32 Å². The predicted molar refractivity (Wildman–Crippen MR) is 243 cm³/mol. The Labute approximate surface area is 385 Å². The van der Waals surface area contributed by atoms with Crippen LogP contribution in [0.4, 0.5) is 13.8 Å². The van der Waals surface area contributed by atoms with Crippen LogP contribution in [0.25, 0.3) is 5.57 Å². The number of benzene rings is 1. The smallest absolute Gasteiger partial charge is 0.394 e. The molecule has 9 rings (SSSR count). The summed E-state index contributed by atoms with van der Waals surface area (Å²) in [7, 11) is -3.99. The number of amides is 3. The van der Waals surface area contributed by atoms with E-state index in [1.165, 1.54) is 41.4 Å². The molecular formula is C44H51BF2N12O5S2. The number of nitriles is 1. The number of anilines is 1. The number of likely N-dealkylation sites (tertiary alicyclic amines) is 1. The van der Waals surface area contributed by atoms with Crippen molar-refractivity contribution in [3.8, 4) is 6.19 Å². The van der Waals surface area contributed by atoms with Crippen molar-refractivity contribution >= 4 is 62.5 Å². The lowest BCUT2D eigenvalue weighted by molar-refractivity contribution is -0.363. The summed E-state index contributed by atoms with van der Waals surface area (Å²) in [5.41, 5.74) is 6.65. The fraction of sp³-hybridized carbons (Fsp3) is 0.455. The van der Waals surface area contributed by atoms with Gasteiger partial charge in [-0.05, 0) is 88.4 Å². The number of piperazine rings is 1. The normalized spacial score (nSPS) is 19.4. The number of hydrogen-bond donors (Lipinski definition) is 1. The van der Waals surface area contributed by atoms with Gasteiger partial charge in [-0.2, -0.15) is 9.57 Å². The zero-order chi connectivity index (χ0) is 46.7. The maximum absolute atomic E-state index is 15.9. The van der Waals surface area contributed by atoms with E-state index in [2.05, 4.69) is 26.8 Å². The molecule has 1 atom stereocenters. The largest absolute Gasteiger partial charge is 0.737 e. The first-order valence-corrected chi connectivity index (χ1v) is 24.6. The molecule has 8 heterocycles. The quantitative estimate of drug-likeness (QED) is 0.121. The van der Waals surface area contributed by atoms with E-state index in [9.17, 15) is 22.8 Å². The molecule has 5 aliphatic rings. The third-order valence-electron chi connectivity index (χ3n) is 13.3. The van der Waals surface area contributed by atoms with E-state index >= 15 is 8.63 Å². The minimum Gasteiger partial charge on any atom is -0.394 e. The van der Waals surface area contributed by atoms with Gasteiger partial charge in [0.15, 0.2) is 17.0 Å². The molecule has 2 fully saturated rings. The van der Waals surface area contributed by atoms with Crippen LogP contribution >= 0.6 is 11.3 Å². The van der Waals surface area contributed by atoms with Crippen molar-refractivity contribution < 1.29 is 35.9 Å². The van der Waals surface area contributed by atoms with Crippen molar-refractivity contribution in [2.45, 2.75) is 84.2 Å². The maximum atomic E-state index is 15.9. The molecule has 1 aromatic carbocycles. The monoisotopic (exact) mass is 940 g/mol. The molecule has 0 unspecified atom stereocenters. The number of sulfonamides is 1. The highest BCUT2D eigenvalue weighted by atomic mass is 32.2. The number of allylic oxidation sites excluding steroid dienone is 3. The fourth-order valence-corrected chi connectivity index (χ4v) is 12.5. The second-order valence-electron chi connectivity index (χ2n) is 17.8. The Balaban J connectivity index is 0.752. The van der Waals surface area contributed by atoms with E-state index in [1.807, 2.05) is 26.0 Å². The molecule has 0 aliphatic carbocycles. The average Bonchev–Trinajstić information content (AvgIpc) is 4.14.